The number of furan rings is 2. The van der Waals surface area contributed by atoms with Gasteiger partial charge in [-0.3, -0.25) is 0 Å². The molecule has 6 aromatic heterocycles. The lowest BCUT2D eigenvalue weighted by molar-refractivity contribution is 0.669. The lowest BCUT2D eigenvalue weighted by Gasteiger charge is -2.27. The first kappa shape index (κ1) is 43.0. The molecule has 0 amide bonds. The molecule has 17 rings (SSSR count). The standard InChI is InChI=1S/C69H48N4O2Si2/c1-77(2,3)43-32-28-41(29-33-43)71(59-23-13-19-49-45-15-7-11-25-63(45)75-69(49)59)57-37-35-47-53-39-60-52(38-61(53)73-55-21-9-5-17-51(55)65(57)67(47)73)46-34-36-56(64-50-16-4-8-20-54(50)72(60)66(46)64)70(40-26-30-42(76)31-27-40)58-22-12-18-48-44-14-6-10-24-62(44)74-68(48)58/h4-39H,1-3,76H3. The highest BCUT2D eigenvalue weighted by molar-refractivity contribution is 6.88. The fourth-order valence-electron chi connectivity index (χ4n) is 13.3. The van der Waals surface area contributed by atoms with E-state index in [2.05, 4.69) is 257 Å². The van der Waals surface area contributed by atoms with Gasteiger partial charge in [-0.05, 0) is 84.9 Å². The van der Waals surface area contributed by atoms with Gasteiger partial charge in [0.05, 0.1) is 63.9 Å². The highest BCUT2D eigenvalue weighted by Crippen LogP contribution is 2.53. The molecule has 0 saturated carbocycles. The number of fused-ring (bicyclic) bond motifs is 18. The van der Waals surface area contributed by atoms with Crippen LogP contribution in [-0.4, -0.2) is 27.1 Å². The first-order valence-electron chi connectivity index (χ1n) is 26.7. The molecule has 0 spiro atoms. The molecule has 0 aliphatic rings. The third kappa shape index (κ3) is 5.83. The van der Waals surface area contributed by atoms with Gasteiger partial charge < -0.3 is 27.4 Å². The van der Waals surface area contributed by atoms with Gasteiger partial charge in [-0.2, -0.15) is 0 Å². The molecule has 0 bridgehead atoms. The first-order valence-corrected chi connectivity index (χ1v) is 31.2. The van der Waals surface area contributed by atoms with Gasteiger partial charge in [-0.1, -0.05) is 163 Å². The molecule has 8 heteroatoms. The SMILES string of the molecule is C[Si](C)(C)c1ccc(N(c2cccc3c2oc2ccccc23)c2ccc3c4cc5c(cc4n4c6ccccc6c2c34)c2ccc(N(c3ccc([SiH3])cc3)c3cccc4c3oc3ccccc34)c3c4ccccc4n5c23)cc1. The summed E-state index contributed by atoms with van der Waals surface area (Å²) in [6, 6.07) is 80.7. The Kier molecular flexibility index (Phi) is 8.58. The number of aromatic nitrogens is 2. The summed E-state index contributed by atoms with van der Waals surface area (Å²) in [6.45, 7) is 7.25. The second-order valence-corrected chi connectivity index (χ2v) is 28.3. The minimum Gasteiger partial charge on any atom is -0.454 e. The van der Waals surface area contributed by atoms with Crippen molar-refractivity contribution in [1.29, 1.82) is 0 Å². The van der Waals surface area contributed by atoms with E-state index >= 15 is 0 Å². The van der Waals surface area contributed by atoms with E-state index < -0.39 is 8.07 Å². The van der Waals surface area contributed by atoms with Crippen LogP contribution in [0.5, 0.6) is 0 Å². The Labute approximate surface area is 445 Å². The van der Waals surface area contributed by atoms with Crippen molar-refractivity contribution in [1.82, 2.24) is 8.80 Å². The second-order valence-electron chi connectivity index (χ2n) is 22.1. The number of anilines is 6. The number of hydrogen-bond donors (Lipinski definition) is 0. The fraction of sp³-hybridized carbons (Fsp3) is 0.0435. The van der Waals surface area contributed by atoms with Crippen LogP contribution in [0.3, 0.4) is 0 Å². The average Bonchev–Trinajstić information content (AvgIpc) is 4.51. The lowest BCUT2D eigenvalue weighted by Crippen LogP contribution is -2.37. The van der Waals surface area contributed by atoms with Gasteiger partial charge in [0, 0.05) is 86.3 Å². The van der Waals surface area contributed by atoms with Gasteiger partial charge in [0.25, 0.3) is 0 Å². The number of nitrogens with zero attached hydrogens (tertiary/aromatic N) is 4. The quantitative estimate of drug-likeness (QED) is 0.149. The first-order chi connectivity index (χ1) is 37.8. The molecule has 0 N–H and O–H groups in total. The van der Waals surface area contributed by atoms with Crippen molar-refractivity contribution in [3.05, 3.63) is 218 Å². The zero-order chi connectivity index (χ0) is 51.0. The van der Waals surface area contributed by atoms with Crippen LogP contribution in [0.25, 0.3) is 120 Å². The summed E-state index contributed by atoms with van der Waals surface area (Å²) >= 11 is 0. The van der Waals surface area contributed by atoms with Gasteiger partial charge in [0.2, 0.25) is 0 Å². The maximum atomic E-state index is 6.85. The Hall–Kier alpha value is -9.35. The molecule has 0 fully saturated rings. The molecule has 0 aliphatic carbocycles. The Bertz CT molecular complexity index is 5290. The molecule has 0 unspecified atom stereocenters. The summed E-state index contributed by atoms with van der Waals surface area (Å²) in [7, 11) is -0.607. The van der Waals surface area contributed by atoms with Crippen LogP contribution in [0.15, 0.2) is 227 Å². The van der Waals surface area contributed by atoms with Crippen LogP contribution in [0.1, 0.15) is 0 Å². The molecule has 17 aromatic rings. The number of rotatable bonds is 7. The summed E-state index contributed by atoms with van der Waals surface area (Å²) in [6.07, 6.45) is 0. The third-order valence-corrected chi connectivity index (χ3v) is 19.5. The second kappa shape index (κ2) is 15.4. The molecule has 77 heavy (non-hydrogen) atoms. The Morgan fingerprint density at radius 2 is 0.766 bits per heavy atom. The molecular weight excluding hydrogens is 973 g/mol. The van der Waals surface area contributed by atoms with Gasteiger partial charge in [0.15, 0.2) is 11.2 Å². The van der Waals surface area contributed by atoms with Gasteiger partial charge >= 0.3 is 0 Å². The molecule has 6 heterocycles. The van der Waals surface area contributed by atoms with Crippen LogP contribution in [-0.2, 0) is 0 Å². The molecule has 0 aliphatic heterocycles. The van der Waals surface area contributed by atoms with E-state index in [1.807, 2.05) is 0 Å². The predicted molar refractivity (Wildman–Crippen MR) is 332 cm³/mol. The van der Waals surface area contributed by atoms with E-state index in [4.69, 9.17) is 8.83 Å². The van der Waals surface area contributed by atoms with Gasteiger partial charge in [-0.15, -0.1) is 0 Å². The van der Waals surface area contributed by atoms with Crippen molar-refractivity contribution in [2.45, 2.75) is 19.6 Å². The van der Waals surface area contributed by atoms with Crippen molar-refractivity contribution in [3.63, 3.8) is 0 Å². The zero-order valence-electron chi connectivity index (χ0n) is 42.9. The smallest absolute Gasteiger partial charge is 0.159 e. The fourth-order valence-corrected chi connectivity index (χ4v) is 14.8. The number of benzene rings is 11. The lowest BCUT2D eigenvalue weighted by atomic mass is 10.0. The van der Waals surface area contributed by atoms with Crippen molar-refractivity contribution >= 4 is 183 Å². The van der Waals surface area contributed by atoms with Crippen molar-refractivity contribution in [3.8, 4) is 0 Å². The minimum absolute atomic E-state index is 0.876. The highest BCUT2D eigenvalue weighted by Gasteiger charge is 2.30. The summed E-state index contributed by atoms with van der Waals surface area (Å²) in [5.74, 6) is 0. The molecule has 0 atom stereocenters. The Morgan fingerprint density at radius 1 is 0.351 bits per heavy atom. The summed E-state index contributed by atoms with van der Waals surface area (Å²) in [5, 5.41) is 17.0. The molecule has 364 valence electrons. The maximum absolute atomic E-state index is 6.85. The largest absolute Gasteiger partial charge is 0.454 e. The van der Waals surface area contributed by atoms with E-state index in [1.165, 1.54) is 86.6 Å². The molecule has 6 nitrogen and oxygen atoms in total. The number of hydrogen-bond acceptors (Lipinski definition) is 4. The Balaban J connectivity index is 0.940. The van der Waals surface area contributed by atoms with Crippen LogP contribution < -0.4 is 20.2 Å². The normalized spacial score (nSPS) is 12.7. The van der Waals surface area contributed by atoms with Crippen LogP contribution >= 0.6 is 0 Å². The molecule has 0 saturated heterocycles. The van der Waals surface area contributed by atoms with E-state index in [0.717, 1.165) is 88.2 Å². The van der Waals surface area contributed by atoms with E-state index in [9.17, 15) is 0 Å². The highest BCUT2D eigenvalue weighted by atomic mass is 28.3. The minimum atomic E-state index is -1.58. The zero-order valence-corrected chi connectivity index (χ0v) is 45.9. The summed E-state index contributed by atoms with van der Waals surface area (Å²) in [5.41, 5.74) is 17.2. The Morgan fingerprint density at radius 3 is 1.23 bits per heavy atom. The van der Waals surface area contributed by atoms with Crippen LogP contribution in [0, 0.1) is 0 Å². The molecular formula is C69H48N4O2Si2. The summed E-state index contributed by atoms with van der Waals surface area (Å²) < 4.78 is 18.7. The predicted octanol–water partition coefficient (Wildman–Crippen LogP) is 17.3. The molecule has 11 aromatic carbocycles. The van der Waals surface area contributed by atoms with Crippen molar-refractivity contribution < 1.29 is 8.83 Å². The van der Waals surface area contributed by atoms with Crippen LogP contribution in [0.2, 0.25) is 19.6 Å². The molecule has 0 radical (unpaired) electrons. The maximum Gasteiger partial charge on any atom is 0.159 e. The third-order valence-electron chi connectivity index (χ3n) is 16.8. The van der Waals surface area contributed by atoms with E-state index in [-0.39, 0.29) is 0 Å². The van der Waals surface area contributed by atoms with Crippen molar-refractivity contribution in [2.24, 2.45) is 0 Å². The van der Waals surface area contributed by atoms with E-state index in [0.29, 0.717) is 0 Å². The van der Waals surface area contributed by atoms with E-state index in [1.54, 1.807) is 0 Å². The van der Waals surface area contributed by atoms with Crippen molar-refractivity contribution in [2.75, 3.05) is 9.80 Å². The van der Waals surface area contributed by atoms with Gasteiger partial charge in [-0.25, -0.2) is 0 Å². The monoisotopic (exact) mass is 1020 g/mol. The number of para-hydroxylation sites is 6. The van der Waals surface area contributed by atoms with Crippen LogP contribution in [0.4, 0.5) is 34.1 Å². The average molecular weight is 1020 g/mol. The summed E-state index contributed by atoms with van der Waals surface area (Å²) in [4.78, 5) is 4.88. The topological polar surface area (TPSA) is 41.6 Å². The van der Waals surface area contributed by atoms with Gasteiger partial charge in [0.1, 0.15) is 11.2 Å².